The number of carbonyl (C=O) groups excluding carboxylic acids is 1. The van der Waals surface area contributed by atoms with Gasteiger partial charge < -0.3 is 10.2 Å². The molecule has 0 atom stereocenters. The van der Waals surface area contributed by atoms with Crippen molar-refractivity contribution in [1.82, 2.24) is 14.9 Å². The normalized spacial score (nSPS) is 10.6. The lowest BCUT2D eigenvalue weighted by atomic mass is 10.2. The van der Waals surface area contributed by atoms with Crippen LogP contribution in [-0.4, -0.2) is 27.8 Å². The number of para-hydroxylation sites is 1. The van der Waals surface area contributed by atoms with Crippen molar-refractivity contribution in [2.24, 2.45) is 0 Å². The van der Waals surface area contributed by atoms with Crippen molar-refractivity contribution in [3.8, 4) is 0 Å². The molecule has 0 spiro atoms. The molecule has 4 aromatic rings. The zero-order valence-corrected chi connectivity index (χ0v) is 15.5. The van der Waals surface area contributed by atoms with Crippen LogP contribution in [-0.2, 0) is 6.54 Å². The maximum Gasteiger partial charge on any atom is 0.272 e. The SMILES string of the molecule is CN(Cc1ccccc1)C(=O)c1ccc(Nc2cccc3cccnc23)cn1. The van der Waals surface area contributed by atoms with Crippen molar-refractivity contribution in [2.75, 3.05) is 12.4 Å². The van der Waals surface area contributed by atoms with E-state index < -0.39 is 0 Å². The molecule has 0 bridgehead atoms. The smallest absolute Gasteiger partial charge is 0.272 e. The van der Waals surface area contributed by atoms with Crippen molar-refractivity contribution in [1.29, 1.82) is 0 Å². The Hall–Kier alpha value is -3.73. The van der Waals surface area contributed by atoms with Crippen LogP contribution in [0.1, 0.15) is 16.1 Å². The van der Waals surface area contributed by atoms with Crippen LogP contribution in [0.3, 0.4) is 0 Å². The molecule has 0 fully saturated rings. The van der Waals surface area contributed by atoms with Gasteiger partial charge in [-0.25, -0.2) is 4.98 Å². The Labute approximate surface area is 163 Å². The molecule has 0 saturated heterocycles. The van der Waals surface area contributed by atoms with E-state index in [4.69, 9.17) is 0 Å². The first-order valence-corrected chi connectivity index (χ1v) is 9.07. The number of anilines is 2. The molecular formula is C23H20N4O. The summed E-state index contributed by atoms with van der Waals surface area (Å²) in [4.78, 5) is 23.1. The maximum absolute atomic E-state index is 12.6. The summed E-state index contributed by atoms with van der Waals surface area (Å²) in [5.74, 6) is -0.109. The van der Waals surface area contributed by atoms with Gasteiger partial charge in [-0.1, -0.05) is 48.5 Å². The van der Waals surface area contributed by atoms with Gasteiger partial charge in [0.1, 0.15) is 5.69 Å². The molecule has 1 N–H and O–H groups in total. The van der Waals surface area contributed by atoms with Gasteiger partial charge >= 0.3 is 0 Å². The summed E-state index contributed by atoms with van der Waals surface area (Å²) in [6.07, 6.45) is 3.45. The molecule has 5 nitrogen and oxygen atoms in total. The second kappa shape index (κ2) is 7.88. The van der Waals surface area contributed by atoms with Crippen LogP contribution in [0.2, 0.25) is 0 Å². The fourth-order valence-corrected chi connectivity index (χ4v) is 3.08. The molecule has 28 heavy (non-hydrogen) atoms. The van der Waals surface area contributed by atoms with Gasteiger partial charge in [-0.15, -0.1) is 0 Å². The summed E-state index contributed by atoms with van der Waals surface area (Å²) in [5.41, 5.74) is 4.11. The van der Waals surface area contributed by atoms with E-state index in [9.17, 15) is 4.79 Å². The fraction of sp³-hybridized carbons (Fsp3) is 0.0870. The second-order valence-corrected chi connectivity index (χ2v) is 6.58. The molecule has 0 radical (unpaired) electrons. The summed E-state index contributed by atoms with van der Waals surface area (Å²) in [5, 5.41) is 4.40. The number of nitrogens with zero attached hydrogens (tertiary/aromatic N) is 3. The third-order valence-corrected chi connectivity index (χ3v) is 4.50. The Bertz CT molecular complexity index is 1090. The summed E-state index contributed by atoms with van der Waals surface area (Å²) in [6.45, 7) is 0.545. The van der Waals surface area contributed by atoms with E-state index in [1.165, 1.54) is 0 Å². The standard InChI is InChI=1S/C23H20N4O/c1-27(16-17-7-3-2-4-8-17)23(28)21-13-12-19(15-25-21)26-20-11-5-9-18-10-6-14-24-22(18)20/h2-15,26H,16H2,1H3. The fourth-order valence-electron chi connectivity index (χ4n) is 3.08. The number of benzene rings is 2. The Morgan fingerprint density at radius 1 is 0.929 bits per heavy atom. The number of nitrogens with one attached hydrogen (secondary N) is 1. The summed E-state index contributed by atoms with van der Waals surface area (Å²) in [6, 6.07) is 23.4. The lowest BCUT2D eigenvalue weighted by Gasteiger charge is -2.17. The number of hydrogen-bond donors (Lipinski definition) is 1. The molecular weight excluding hydrogens is 348 g/mol. The van der Waals surface area contributed by atoms with Crippen LogP contribution in [0, 0.1) is 0 Å². The molecule has 138 valence electrons. The average Bonchev–Trinajstić information content (AvgIpc) is 2.75. The number of pyridine rings is 2. The zero-order chi connectivity index (χ0) is 19.3. The van der Waals surface area contributed by atoms with Gasteiger partial charge in [-0.2, -0.15) is 0 Å². The maximum atomic E-state index is 12.6. The quantitative estimate of drug-likeness (QED) is 0.557. The number of amides is 1. The summed E-state index contributed by atoms with van der Waals surface area (Å²) < 4.78 is 0. The van der Waals surface area contributed by atoms with Crippen molar-refractivity contribution in [2.45, 2.75) is 6.54 Å². The molecule has 2 aromatic heterocycles. The van der Waals surface area contributed by atoms with Crippen molar-refractivity contribution in [3.05, 3.63) is 96.4 Å². The van der Waals surface area contributed by atoms with E-state index in [0.717, 1.165) is 27.8 Å². The van der Waals surface area contributed by atoms with Gasteiger partial charge in [0.15, 0.2) is 0 Å². The Morgan fingerprint density at radius 3 is 2.54 bits per heavy atom. The molecule has 0 unspecified atom stereocenters. The number of hydrogen-bond acceptors (Lipinski definition) is 4. The van der Waals surface area contributed by atoms with E-state index in [1.807, 2.05) is 66.7 Å². The molecule has 0 saturated carbocycles. The summed E-state index contributed by atoms with van der Waals surface area (Å²) in [7, 11) is 1.78. The Kier molecular flexibility index (Phi) is 4.97. The largest absolute Gasteiger partial charge is 0.352 e. The topological polar surface area (TPSA) is 58.1 Å². The van der Waals surface area contributed by atoms with Crippen LogP contribution >= 0.6 is 0 Å². The lowest BCUT2D eigenvalue weighted by Crippen LogP contribution is -2.26. The second-order valence-electron chi connectivity index (χ2n) is 6.58. The van der Waals surface area contributed by atoms with Gasteiger partial charge in [-0.3, -0.25) is 9.78 Å². The van der Waals surface area contributed by atoms with Crippen molar-refractivity contribution >= 4 is 28.2 Å². The predicted octanol–water partition coefficient (Wildman–Crippen LogP) is 4.65. The van der Waals surface area contributed by atoms with Gasteiger partial charge in [-0.05, 0) is 29.8 Å². The minimum atomic E-state index is -0.109. The van der Waals surface area contributed by atoms with E-state index in [-0.39, 0.29) is 5.91 Å². The monoisotopic (exact) mass is 368 g/mol. The molecule has 0 aliphatic rings. The van der Waals surface area contributed by atoms with E-state index in [0.29, 0.717) is 12.2 Å². The van der Waals surface area contributed by atoms with E-state index in [2.05, 4.69) is 15.3 Å². The van der Waals surface area contributed by atoms with Crippen molar-refractivity contribution in [3.63, 3.8) is 0 Å². The predicted molar refractivity (Wildman–Crippen MR) is 112 cm³/mol. The van der Waals surface area contributed by atoms with Crippen LogP contribution < -0.4 is 5.32 Å². The minimum absolute atomic E-state index is 0.109. The minimum Gasteiger partial charge on any atom is -0.352 e. The molecule has 0 aliphatic carbocycles. The highest BCUT2D eigenvalue weighted by atomic mass is 16.2. The highest BCUT2D eigenvalue weighted by Crippen LogP contribution is 2.24. The summed E-state index contributed by atoms with van der Waals surface area (Å²) >= 11 is 0. The number of carbonyl (C=O) groups is 1. The highest BCUT2D eigenvalue weighted by Gasteiger charge is 2.13. The number of rotatable bonds is 5. The van der Waals surface area contributed by atoms with Crippen LogP contribution in [0.4, 0.5) is 11.4 Å². The number of fused-ring (bicyclic) bond motifs is 1. The molecule has 0 aliphatic heterocycles. The molecule has 1 amide bonds. The third-order valence-electron chi connectivity index (χ3n) is 4.50. The van der Waals surface area contributed by atoms with Gasteiger partial charge in [0.25, 0.3) is 5.91 Å². The van der Waals surface area contributed by atoms with E-state index in [1.54, 1.807) is 30.4 Å². The zero-order valence-electron chi connectivity index (χ0n) is 15.5. The van der Waals surface area contributed by atoms with Gasteiger partial charge in [0.05, 0.1) is 23.1 Å². The molecule has 2 heterocycles. The van der Waals surface area contributed by atoms with Gasteiger partial charge in [0, 0.05) is 25.2 Å². The van der Waals surface area contributed by atoms with Crippen LogP contribution in [0.25, 0.3) is 10.9 Å². The highest BCUT2D eigenvalue weighted by molar-refractivity contribution is 5.93. The van der Waals surface area contributed by atoms with Crippen molar-refractivity contribution < 1.29 is 4.79 Å². The van der Waals surface area contributed by atoms with Gasteiger partial charge in [0.2, 0.25) is 0 Å². The molecule has 2 aromatic carbocycles. The van der Waals surface area contributed by atoms with Crippen LogP contribution in [0.15, 0.2) is 85.2 Å². The first-order chi connectivity index (χ1) is 13.7. The van der Waals surface area contributed by atoms with Crippen LogP contribution in [0.5, 0.6) is 0 Å². The average molecular weight is 368 g/mol. The Balaban J connectivity index is 1.48. The molecule has 4 rings (SSSR count). The number of aromatic nitrogens is 2. The first-order valence-electron chi connectivity index (χ1n) is 9.07. The molecule has 5 heteroatoms. The van der Waals surface area contributed by atoms with E-state index >= 15 is 0 Å². The Morgan fingerprint density at radius 2 is 1.75 bits per heavy atom. The third kappa shape index (κ3) is 3.83. The lowest BCUT2D eigenvalue weighted by molar-refractivity contribution is 0.0779. The first kappa shape index (κ1) is 17.7.